The SMILES string of the molecule is O=C(O)C1(c2ccccc2C=CCCBr)CC1. The molecule has 0 atom stereocenters. The van der Waals surface area contributed by atoms with Gasteiger partial charge in [0, 0.05) is 5.33 Å². The van der Waals surface area contributed by atoms with Crippen molar-refractivity contribution in [2.45, 2.75) is 24.7 Å². The van der Waals surface area contributed by atoms with Gasteiger partial charge in [0.1, 0.15) is 0 Å². The van der Waals surface area contributed by atoms with E-state index in [1.165, 1.54) is 0 Å². The molecule has 0 bridgehead atoms. The predicted molar refractivity (Wildman–Crippen MR) is 72.4 cm³/mol. The molecule has 3 heteroatoms. The third-order valence-corrected chi connectivity index (χ3v) is 3.67. The van der Waals surface area contributed by atoms with Crippen molar-refractivity contribution in [2.75, 3.05) is 5.33 Å². The van der Waals surface area contributed by atoms with Crippen molar-refractivity contribution in [3.63, 3.8) is 0 Å². The van der Waals surface area contributed by atoms with Crippen LogP contribution in [0.1, 0.15) is 30.4 Å². The van der Waals surface area contributed by atoms with Crippen LogP contribution in [0, 0.1) is 0 Å². The van der Waals surface area contributed by atoms with Crippen molar-refractivity contribution in [1.82, 2.24) is 0 Å². The summed E-state index contributed by atoms with van der Waals surface area (Å²) in [7, 11) is 0. The summed E-state index contributed by atoms with van der Waals surface area (Å²) in [4.78, 5) is 11.3. The van der Waals surface area contributed by atoms with Gasteiger partial charge in [-0.2, -0.15) is 0 Å². The molecule has 0 spiro atoms. The summed E-state index contributed by atoms with van der Waals surface area (Å²) in [5, 5.41) is 10.2. The zero-order valence-corrected chi connectivity index (χ0v) is 11.1. The van der Waals surface area contributed by atoms with E-state index in [2.05, 4.69) is 22.0 Å². The zero-order chi connectivity index (χ0) is 12.3. The number of halogens is 1. The van der Waals surface area contributed by atoms with E-state index in [4.69, 9.17) is 0 Å². The van der Waals surface area contributed by atoms with E-state index in [0.717, 1.165) is 35.7 Å². The van der Waals surface area contributed by atoms with E-state index >= 15 is 0 Å². The van der Waals surface area contributed by atoms with E-state index < -0.39 is 11.4 Å². The summed E-state index contributed by atoms with van der Waals surface area (Å²) < 4.78 is 0. The fraction of sp³-hybridized carbons (Fsp3) is 0.357. The van der Waals surface area contributed by atoms with E-state index in [1.54, 1.807) is 0 Å². The molecule has 0 saturated heterocycles. The van der Waals surface area contributed by atoms with Crippen molar-refractivity contribution in [1.29, 1.82) is 0 Å². The van der Waals surface area contributed by atoms with Gasteiger partial charge < -0.3 is 5.11 Å². The highest BCUT2D eigenvalue weighted by Crippen LogP contribution is 2.49. The lowest BCUT2D eigenvalue weighted by Gasteiger charge is -2.13. The van der Waals surface area contributed by atoms with Gasteiger partial charge in [0.2, 0.25) is 0 Å². The highest BCUT2D eigenvalue weighted by Gasteiger charge is 2.52. The molecule has 1 saturated carbocycles. The summed E-state index contributed by atoms with van der Waals surface area (Å²) in [6.07, 6.45) is 6.57. The van der Waals surface area contributed by atoms with Crippen molar-refractivity contribution in [3.8, 4) is 0 Å². The standard InChI is InChI=1S/C14H15BrO2/c15-10-4-3-6-11-5-1-2-7-12(11)14(8-9-14)13(16)17/h1-3,5-7H,4,8-10H2,(H,16,17). The van der Waals surface area contributed by atoms with Crippen molar-refractivity contribution >= 4 is 28.0 Å². The van der Waals surface area contributed by atoms with E-state index in [0.29, 0.717) is 0 Å². The Hall–Kier alpha value is -1.09. The van der Waals surface area contributed by atoms with Gasteiger partial charge in [0.15, 0.2) is 0 Å². The quantitative estimate of drug-likeness (QED) is 0.843. The number of aliphatic carboxylic acids is 1. The molecule has 0 radical (unpaired) electrons. The first-order chi connectivity index (χ1) is 8.20. The van der Waals surface area contributed by atoms with Gasteiger partial charge in [-0.1, -0.05) is 52.3 Å². The fourth-order valence-electron chi connectivity index (χ4n) is 2.07. The summed E-state index contributed by atoms with van der Waals surface area (Å²) in [5.41, 5.74) is 1.38. The van der Waals surface area contributed by atoms with Gasteiger partial charge in [-0.25, -0.2) is 0 Å². The highest BCUT2D eigenvalue weighted by atomic mass is 79.9. The van der Waals surface area contributed by atoms with Gasteiger partial charge in [0.25, 0.3) is 0 Å². The lowest BCUT2D eigenvalue weighted by Crippen LogP contribution is -2.20. The fourth-order valence-corrected chi connectivity index (χ4v) is 2.34. The van der Waals surface area contributed by atoms with Crippen LogP contribution in [-0.4, -0.2) is 16.4 Å². The molecule has 1 N–H and O–H groups in total. The molecule has 1 aromatic rings. The maximum atomic E-state index is 11.3. The van der Waals surface area contributed by atoms with Gasteiger partial charge in [-0.15, -0.1) is 0 Å². The molecule has 0 amide bonds. The molecule has 2 rings (SSSR count). The summed E-state index contributed by atoms with van der Waals surface area (Å²) in [5.74, 6) is -0.696. The number of carboxylic acids is 1. The molecule has 1 aliphatic rings. The average molecular weight is 295 g/mol. The Morgan fingerprint density at radius 3 is 2.71 bits per heavy atom. The number of rotatable bonds is 5. The largest absolute Gasteiger partial charge is 0.481 e. The molecular weight excluding hydrogens is 280 g/mol. The second kappa shape index (κ2) is 5.05. The van der Waals surface area contributed by atoms with Crippen LogP contribution < -0.4 is 0 Å². The minimum atomic E-state index is -0.696. The van der Waals surface area contributed by atoms with E-state index in [9.17, 15) is 9.90 Å². The Balaban J connectivity index is 2.32. The smallest absolute Gasteiger partial charge is 0.314 e. The van der Waals surface area contributed by atoms with Gasteiger partial charge in [0.05, 0.1) is 5.41 Å². The first-order valence-electron chi connectivity index (χ1n) is 5.76. The molecule has 0 aromatic heterocycles. The zero-order valence-electron chi connectivity index (χ0n) is 9.53. The third kappa shape index (κ3) is 2.44. The highest BCUT2D eigenvalue weighted by molar-refractivity contribution is 9.09. The number of benzene rings is 1. The Labute approximate surface area is 109 Å². The lowest BCUT2D eigenvalue weighted by molar-refractivity contribution is -0.140. The molecule has 1 fully saturated rings. The van der Waals surface area contributed by atoms with Gasteiger partial charge >= 0.3 is 5.97 Å². The monoisotopic (exact) mass is 294 g/mol. The number of hydrogen-bond acceptors (Lipinski definition) is 1. The predicted octanol–water partition coefficient (Wildman–Crippen LogP) is 3.60. The molecule has 0 heterocycles. The minimum absolute atomic E-state index is 0.616. The van der Waals surface area contributed by atoms with Crippen LogP contribution >= 0.6 is 15.9 Å². The van der Waals surface area contributed by atoms with Crippen LogP contribution in [0.25, 0.3) is 6.08 Å². The van der Waals surface area contributed by atoms with Gasteiger partial charge in [-0.05, 0) is 30.4 Å². The van der Waals surface area contributed by atoms with Crippen LogP contribution in [0.2, 0.25) is 0 Å². The first-order valence-corrected chi connectivity index (χ1v) is 6.88. The molecular formula is C14H15BrO2. The molecule has 90 valence electrons. The topological polar surface area (TPSA) is 37.3 Å². The van der Waals surface area contributed by atoms with Crippen molar-refractivity contribution in [3.05, 3.63) is 41.5 Å². The lowest BCUT2D eigenvalue weighted by atomic mass is 9.91. The maximum absolute atomic E-state index is 11.3. The first kappa shape index (κ1) is 12.4. The van der Waals surface area contributed by atoms with Crippen molar-refractivity contribution in [2.24, 2.45) is 0 Å². The molecule has 0 unspecified atom stereocenters. The van der Waals surface area contributed by atoms with E-state index in [-0.39, 0.29) is 0 Å². The Bertz CT molecular complexity index is 447. The number of alkyl halides is 1. The summed E-state index contributed by atoms with van der Waals surface area (Å²) in [6, 6.07) is 7.80. The van der Waals surface area contributed by atoms with Crippen LogP contribution in [0.15, 0.2) is 30.3 Å². The molecule has 2 nitrogen and oxygen atoms in total. The molecule has 1 aromatic carbocycles. The number of allylic oxidation sites excluding steroid dienone is 1. The Morgan fingerprint density at radius 2 is 2.12 bits per heavy atom. The Morgan fingerprint density at radius 1 is 1.41 bits per heavy atom. The molecule has 17 heavy (non-hydrogen) atoms. The summed E-state index contributed by atoms with van der Waals surface area (Å²) >= 11 is 3.37. The third-order valence-electron chi connectivity index (χ3n) is 3.21. The second-order valence-electron chi connectivity index (χ2n) is 4.35. The maximum Gasteiger partial charge on any atom is 0.314 e. The minimum Gasteiger partial charge on any atom is -0.481 e. The van der Waals surface area contributed by atoms with Crippen molar-refractivity contribution < 1.29 is 9.90 Å². The number of carboxylic acid groups (broad SMARTS) is 1. The van der Waals surface area contributed by atoms with Crippen LogP contribution in [0.3, 0.4) is 0 Å². The van der Waals surface area contributed by atoms with E-state index in [1.807, 2.05) is 30.3 Å². The van der Waals surface area contributed by atoms with Crippen LogP contribution in [-0.2, 0) is 10.2 Å². The average Bonchev–Trinajstić information content (AvgIpc) is 3.11. The molecule has 1 aliphatic carbocycles. The van der Waals surface area contributed by atoms with Crippen LogP contribution in [0.4, 0.5) is 0 Å². The number of hydrogen-bond donors (Lipinski definition) is 1. The number of carbonyl (C=O) groups is 1. The summed E-state index contributed by atoms with van der Waals surface area (Å²) in [6.45, 7) is 0. The second-order valence-corrected chi connectivity index (χ2v) is 5.15. The van der Waals surface area contributed by atoms with Gasteiger partial charge in [-0.3, -0.25) is 4.79 Å². The normalized spacial score (nSPS) is 17.2. The Kier molecular flexibility index (Phi) is 3.67. The molecule has 0 aliphatic heterocycles. The van der Waals surface area contributed by atoms with Crippen LogP contribution in [0.5, 0.6) is 0 Å².